The number of piperidine rings is 2. The van der Waals surface area contributed by atoms with Crippen molar-refractivity contribution < 1.29 is 28.5 Å². The van der Waals surface area contributed by atoms with Crippen molar-refractivity contribution in [1.29, 1.82) is 0 Å². The third-order valence-electron chi connectivity index (χ3n) is 15.1. The highest BCUT2D eigenvalue weighted by Crippen LogP contribution is 2.43. The van der Waals surface area contributed by atoms with Gasteiger partial charge in [-0.05, 0) is 101 Å². The number of hydrogen-bond donors (Lipinski definition) is 3. The van der Waals surface area contributed by atoms with Crippen LogP contribution >= 0.6 is 18.7 Å². The van der Waals surface area contributed by atoms with E-state index in [1.807, 2.05) is 37.6 Å². The highest BCUT2D eigenvalue weighted by molar-refractivity contribution is 7.71. The predicted molar refractivity (Wildman–Crippen MR) is 284 cm³/mol. The van der Waals surface area contributed by atoms with Gasteiger partial charge in [-0.3, -0.25) is 53.8 Å². The van der Waals surface area contributed by atoms with E-state index in [0.29, 0.717) is 62.4 Å². The molecule has 8 heterocycles. The SMILES string of the molecule is COc1cc(N2CCN(CCC3CCN(C4CN(c5ccc6c(c5)C(=O)N(C5CCC(=O)NC5=O)C6=O)C4)CC3)CC2)c(-c2cnn(C)c2)cc1Nc1ncc(Cl)c(Nc2ccc3nccnc3c2P(C)(C)=O)n1. The molecule has 0 spiro atoms. The van der Waals surface area contributed by atoms with Crippen molar-refractivity contribution in [2.24, 2.45) is 13.0 Å². The van der Waals surface area contributed by atoms with Crippen LogP contribution in [0.2, 0.25) is 5.02 Å². The Morgan fingerprint density at radius 3 is 2.32 bits per heavy atom. The summed E-state index contributed by atoms with van der Waals surface area (Å²) in [5.41, 5.74) is 6.93. The summed E-state index contributed by atoms with van der Waals surface area (Å²) in [7, 11) is 0.719. The van der Waals surface area contributed by atoms with Crippen LogP contribution in [-0.4, -0.2) is 159 Å². The molecule has 0 saturated carbocycles. The van der Waals surface area contributed by atoms with Gasteiger partial charge < -0.3 is 29.7 Å². The monoisotopic (exact) mass is 1040 g/mol. The molecule has 1 unspecified atom stereocenters. The lowest BCUT2D eigenvalue weighted by Crippen LogP contribution is -2.61. The summed E-state index contributed by atoms with van der Waals surface area (Å²) in [6.45, 7) is 11.9. The van der Waals surface area contributed by atoms with E-state index in [-0.39, 0.29) is 23.8 Å². The second kappa shape index (κ2) is 20.0. The van der Waals surface area contributed by atoms with Gasteiger partial charge in [-0.2, -0.15) is 10.1 Å². The number of rotatable bonds is 14. The Morgan fingerprint density at radius 2 is 1.59 bits per heavy atom. The number of carbonyl (C=O) groups is 4. The largest absolute Gasteiger partial charge is 0.494 e. The number of benzene rings is 3. The molecule has 5 aliphatic rings. The first-order valence-corrected chi connectivity index (χ1v) is 28.1. The summed E-state index contributed by atoms with van der Waals surface area (Å²) < 4.78 is 21.4. The van der Waals surface area contributed by atoms with E-state index in [2.05, 4.69) is 67.7 Å². The topological polar surface area (TPSA) is 216 Å². The number of nitrogens with one attached hydrogen (secondary N) is 3. The van der Waals surface area contributed by atoms with Crippen LogP contribution in [-0.2, 0) is 21.2 Å². The average Bonchev–Trinajstić information content (AvgIpc) is 3.92. The summed E-state index contributed by atoms with van der Waals surface area (Å²) in [6, 6.07) is 12.6. The number of amides is 4. The van der Waals surface area contributed by atoms with E-state index >= 15 is 0 Å². The van der Waals surface area contributed by atoms with Gasteiger partial charge in [0.05, 0.1) is 52.8 Å². The maximum Gasteiger partial charge on any atom is 0.262 e. The van der Waals surface area contributed by atoms with Crippen LogP contribution in [0.15, 0.2) is 73.4 Å². The van der Waals surface area contributed by atoms with Gasteiger partial charge in [0.1, 0.15) is 29.5 Å². The first-order chi connectivity index (χ1) is 35.7. The third-order valence-corrected chi connectivity index (χ3v) is 16.9. The molecule has 0 aliphatic carbocycles. The zero-order valence-corrected chi connectivity index (χ0v) is 43.4. The fourth-order valence-electron chi connectivity index (χ4n) is 11.1. The highest BCUT2D eigenvalue weighted by atomic mass is 35.5. The zero-order valence-electron chi connectivity index (χ0n) is 41.8. The van der Waals surface area contributed by atoms with E-state index in [4.69, 9.17) is 21.3 Å². The minimum atomic E-state index is -2.84. The van der Waals surface area contributed by atoms with Crippen LogP contribution in [0.1, 0.15) is 52.8 Å². The van der Waals surface area contributed by atoms with Gasteiger partial charge in [-0.25, -0.2) is 4.98 Å². The number of aromatic nitrogens is 6. The number of likely N-dealkylation sites (tertiary alicyclic amines) is 1. The predicted octanol–water partition coefficient (Wildman–Crippen LogP) is 5.73. The number of halogens is 1. The molecule has 4 amide bonds. The lowest BCUT2D eigenvalue weighted by atomic mass is 9.91. The minimum absolute atomic E-state index is 0.0911. The molecule has 4 saturated heterocycles. The van der Waals surface area contributed by atoms with Gasteiger partial charge in [0, 0.05) is 106 Å². The van der Waals surface area contributed by atoms with E-state index < -0.39 is 36.8 Å². The molecule has 0 bridgehead atoms. The van der Waals surface area contributed by atoms with Gasteiger partial charge in [0.15, 0.2) is 5.82 Å². The second-order valence-electron chi connectivity index (χ2n) is 20.2. The van der Waals surface area contributed by atoms with Crippen LogP contribution in [0.5, 0.6) is 5.75 Å². The summed E-state index contributed by atoms with van der Waals surface area (Å²) >= 11 is 6.67. The molecular formula is C52H58ClN14O6P. The number of hydrogen-bond acceptors (Lipinski definition) is 17. The Hall–Kier alpha value is -6.99. The molecule has 384 valence electrons. The number of carbonyl (C=O) groups excluding carboxylic acids is 4. The van der Waals surface area contributed by atoms with Crippen molar-refractivity contribution in [3.63, 3.8) is 0 Å². The van der Waals surface area contributed by atoms with Crippen molar-refractivity contribution in [3.8, 4) is 16.9 Å². The standard InChI is InChI=1S/C52H58ClN14O6P/c1-62-28-32(26-57-62)36-24-41(59-52-56-27-38(53)48(61-52)58-40-8-7-39-46(55-15-14-54-39)47(40)74(3,4)72)44(73-2)25-43(36)65-21-19-63(20-22-65)16-11-31-12-17-64(18-13-31)34-29-66(30-34)33-5-6-35-37(23-33)51(71)67(50(35)70)42-9-10-45(68)60-49(42)69/h5-8,14-15,23-28,31,34,42H,9-13,16-22,29-30H2,1-4H3,(H,60,68,69)(H2,56,58,59,61). The molecule has 6 aromatic rings. The summed E-state index contributed by atoms with van der Waals surface area (Å²) in [6.07, 6.45) is 12.3. The minimum Gasteiger partial charge on any atom is -0.494 e. The van der Waals surface area contributed by atoms with Gasteiger partial charge >= 0.3 is 0 Å². The fraction of sp³-hybridized carbons (Fsp3) is 0.404. The van der Waals surface area contributed by atoms with Gasteiger partial charge in [0.2, 0.25) is 17.8 Å². The van der Waals surface area contributed by atoms with E-state index in [1.165, 1.54) is 6.20 Å². The molecule has 4 fully saturated rings. The Balaban J connectivity index is 0.689. The Morgan fingerprint density at radius 1 is 0.824 bits per heavy atom. The van der Waals surface area contributed by atoms with Crippen LogP contribution in [0.4, 0.5) is 34.5 Å². The van der Waals surface area contributed by atoms with Crippen LogP contribution in [0.25, 0.3) is 22.2 Å². The zero-order chi connectivity index (χ0) is 51.4. The fourth-order valence-corrected chi connectivity index (χ4v) is 12.6. The third kappa shape index (κ3) is 9.67. The van der Waals surface area contributed by atoms with Gasteiger partial charge in [-0.15, -0.1) is 0 Å². The maximum absolute atomic E-state index is 13.6. The molecular weight excluding hydrogens is 983 g/mol. The second-order valence-corrected chi connectivity index (χ2v) is 23.7. The maximum atomic E-state index is 13.6. The molecule has 5 aliphatic heterocycles. The van der Waals surface area contributed by atoms with E-state index in [9.17, 15) is 23.7 Å². The van der Waals surface area contributed by atoms with Gasteiger partial charge in [0.25, 0.3) is 11.8 Å². The lowest BCUT2D eigenvalue weighted by molar-refractivity contribution is -0.136. The number of nitrogens with zero attached hydrogens (tertiary/aromatic N) is 11. The first-order valence-electron chi connectivity index (χ1n) is 25.1. The average molecular weight is 1040 g/mol. The number of ether oxygens (including phenoxy) is 1. The van der Waals surface area contributed by atoms with Crippen molar-refractivity contribution in [2.75, 3.05) is 99.8 Å². The Labute approximate surface area is 433 Å². The normalized spacial score (nSPS) is 19.3. The number of methoxy groups -OCH3 is 1. The molecule has 3 aromatic carbocycles. The highest BCUT2D eigenvalue weighted by Gasteiger charge is 2.45. The number of aryl methyl sites for hydroxylation is 1. The molecule has 20 nitrogen and oxygen atoms in total. The van der Waals surface area contributed by atoms with Crippen molar-refractivity contribution >= 4 is 93.2 Å². The molecule has 3 aromatic heterocycles. The Bertz CT molecular complexity index is 3250. The summed E-state index contributed by atoms with van der Waals surface area (Å²) in [4.78, 5) is 79.9. The van der Waals surface area contributed by atoms with Crippen molar-refractivity contribution in [2.45, 2.75) is 44.2 Å². The summed E-state index contributed by atoms with van der Waals surface area (Å²) in [5, 5.41) is 14.3. The number of piperazine rings is 1. The van der Waals surface area contributed by atoms with Crippen molar-refractivity contribution in [3.05, 3.63) is 89.6 Å². The number of anilines is 6. The molecule has 3 N–H and O–H groups in total. The molecule has 11 rings (SSSR count). The van der Waals surface area contributed by atoms with E-state index in [1.54, 1.807) is 49.6 Å². The molecule has 1 atom stereocenters. The molecule has 0 radical (unpaired) electrons. The van der Waals surface area contributed by atoms with Crippen LogP contribution < -0.4 is 35.8 Å². The lowest BCUT2D eigenvalue weighted by Gasteiger charge is -2.49. The molecule has 74 heavy (non-hydrogen) atoms. The van der Waals surface area contributed by atoms with Crippen LogP contribution in [0, 0.1) is 5.92 Å². The number of imide groups is 2. The van der Waals surface area contributed by atoms with Gasteiger partial charge in [-0.1, -0.05) is 11.6 Å². The van der Waals surface area contributed by atoms with E-state index in [0.717, 1.165) is 106 Å². The first kappa shape index (κ1) is 49.2. The van der Waals surface area contributed by atoms with Crippen LogP contribution in [0.3, 0.4) is 0 Å². The smallest absolute Gasteiger partial charge is 0.262 e. The summed E-state index contributed by atoms with van der Waals surface area (Å²) in [5.74, 6) is -0.0638. The molecule has 22 heteroatoms. The number of fused-ring (bicyclic) bond motifs is 2. The quantitative estimate of drug-likeness (QED) is 0.0877. The Kier molecular flexibility index (Phi) is 13.3. The van der Waals surface area contributed by atoms with Crippen molar-refractivity contribution in [1.82, 2.24) is 49.7 Å².